The first-order valence-corrected chi connectivity index (χ1v) is 11.9. The summed E-state index contributed by atoms with van der Waals surface area (Å²) in [6.45, 7) is 8.99. The van der Waals surface area contributed by atoms with Crippen molar-refractivity contribution < 1.29 is 4.79 Å². The zero-order valence-corrected chi connectivity index (χ0v) is 19.8. The molecule has 1 aromatic heterocycles. The predicted molar refractivity (Wildman–Crippen MR) is 131 cm³/mol. The van der Waals surface area contributed by atoms with Gasteiger partial charge in [-0.25, -0.2) is 4.98 Å². The average molecular weight is 434 g/mol. The quantitative estimate of drug-likeness (QED) is 0.404. The minimum absolute atomic E-state index is 0.0989. The Morgan fingerprint density at radius 3 is 2.34 bits per heavy atom. The Morgan fingerprint density at radius 1 is 1.00 bits per heavy atom. The molecule has 32 heavy (non-hydrogen) atoms. The van der Waals surface area contributed by atoms with Crippen LogP contribution in [0.1, 0.15) is 77.2 Å². The van der Waals surface area contributed by atoms with E-state index in [1.807, 2.05) is 60.4 Å². The van der Waals surface area contributed by atoms with Crippen LogP contribution in [0, 0.1) is 0 Å². The standard InChI is InChI=1S/C27H35N3O2/c1-5-8-14-25(31)29(19-9-6-2)20(4)26-28-24-13-11-10-12-23(24)27(32)30(26)22-17-15-21(7-3)16-18-22/h10-13,15-18,20H,5-9,14,19H2,1-4H3. The van der Waals surface area contributed by atoms with Crippen molar-refractivity contribution in [3.8, 4) is 5.69 Å². The second kappa shape index (κ2) is 11.1. The number of aromatic nitrogens is 2. The fourth-order valence-corrected chi connectivity index (χ4v) is 4.03. The third-order valence-corrected chi connectivity index (χ3v) is 6.06. The highest BCUT2D eigenvalue weighted by atomic mass is 16.2. The van der Waals surface area contributed by atoms with E-state index in [0.717, 1.165) is 37.8 Å². The van der Waals surface area contributed by atoms with Crippen molar-refractivity contribution in [2.45, 2.75) is 72.3 Å². The van der Waals surface area contributed by atoms with Crippen LogP contribution in [0.3, 0.4) is 0 Å². The van der Waals surface area contributed by atoms with Crippen LogP contribution in [0.4, 0.5) is 0 Å². The van der Waals surface area contributed by atoms with Crippen LogP contribution < -0.4 is 5.56 Å². The molecule has 5 nitrogen and oxygen atoms in total. The van der Waals surface area contributed by atoms with Crippen LogP contribution in [-0.2, 0) is 11.2 Å². The van der Waals surface area contributed by atoms with Crippen molar-refractivity contribution in [2.24, 2.45) is 0 Å². The molecule has 1 heterocycles. The molecule has 0 aliphatic rings. The minimum atomic E-state index is -0.311. The normalized spacial score (nSPS) is 12.1. The lowest BCUT2D eigenvalue weighted by Crippen LogP contribution is -2.38. The first-order chi connectivity index (χ1) is 15.5. The van der Waals surface area contributed by atoms with Crippen molar-refractivity contribution in [1.29, 1.82) is 0 Å². The molecule has 1 atom stereocenters. The van der Waals surface area contributed by atoms with Crippen LogP contribution >= 0.6 is 0 Å². The number of benzene rings is 2. The van der Waals surface area contributed by atoms with E-state index < -0.39 is 0 Å². The lowest BCUT2D eigenvalue weighted by molar-refractivity contribution is -0.133. The van der Waals surface area contributed by atoms with Crippen molar-refractivity contribution in [2.75, 3.05) is 6.54 Å². The summed E-state index contributed by atoms with van der Waals surface area (Å²) >= 11 is 0. The molecule has 3 rings (SSSR count). The number of carbonyl (C=O) groups excluding carboxylic acids is 1. The molecular weight excluding hydrogens is 398 g/mol. The number of rotatable bonds is 10. The number of carbonyl (C=O) groups is 1. The molecule has 0 aliphatic heterocycles. The monoisotopic (exact) mass is 433 g/mol. The Kier molecular flexibility index (Phi) is 8.20. The number of hydrogen-bond acceptors (Lipinski definition) is 3. The lowest BCUT2D eigenvalue weighted by Gasteiger charge is -2.30. The van der Waals surface area contributed by atoms with E-state index in [1.165, 1.54) is 5.56 Å². The summed E-state index contributed by atoms with van der Waals surface area (Å²) in [4.78, 5) is 33.5. The highest BCUT2D eigenvalue weighted by Crippen LogP contribution is 2.24. The van der Waals surface area contributed by atoms with Crippen LogP contribution in [0.25, 0.3) is 16.6 Å². The number of hydrogen-bond donors (Lipinski definition) is 0. The summed E-state index contributed by atoms with van der Waals surface area (Å²) in [6, 6.07) is 15.2. The maximum Gasteiger partial charge on any atom is 0.266 e. The SMILES string of the molecule is CCCCC(=O)N(CCCC)C(C)c1nc2ccccc2c(=O)n1-c1ccc(CC)cc1. The average Bonchev–Trinajstić information content (AvgIpc) is 2.82. The van der Waals surface area contributed by atoms with Gasteiger partial charge in [-0.3, -0.25) is 14.2 Å². The van der Waals surface area contributed by atoms with E-state index in [9.17, 15) is 9.59 Å². The molecule has 0 fully saturated rings. The fourth-order valence-electron chi connectivity index (χ4n) is 4.03. The highest BCUT2D eigenvalue weighted by molar-refractivity contribution is 5.79. The molecule has 170 valence electrons. The number of unbranched alkanes of at least 4 members (excludes halogenated alkanes) is 2. The number of para-hydroxylation sites is 1. The Balaban J connectivity index is 2.17. The summed E-state index contributed by atoms with van der Waals surface area (Å²) in [5, 5.41) is 0.584. The minimum Gasteiger partial charge on any atom is -0.333 e. The molecule has 1 amide bonds. The summed E-state index contributed by atoms with van der Waals surface area (Å²) < 4.78 is 1.69. The molecule has 5 heteroatoms. The maximum atomic E-state index is 13.6. The molecule has 0 radical (unpaired) electrons. The van der Waals surface area contributed by atoms with E-state index >= 15 is 0 Å². The van der Waals surface area contributed by atoms with Crippen LogP contribution in [0.15, 0.2) is 53.3 Å². The maximum absolute atomic E-state index is 13.6. The van der Waals surface area contributed by atoms with Gasteiger partial charge in [0.1, 0.15) is 5.82 Å². The van der Waals surface area contributed by atoms with Gasteiger partial charge in [-0.1, -0.05) is 57.9 Å². The van der Waals surface area contributed by atoms with Crippen molar-refractivity contribution in [3.05, 3.63) is 70.3 Å². The summed E-state index contributed by atoms with van der Waals surface area (Å²) in [6.07, 6.45) is 5.22. The van der Waals surface area contributed by atoms with Crippen molar-refractivity contribution in [1.82, 2.24) is 14.5 Å². The number of nitrogens with zero attached hydrogens (tertiary/aromatic N) is 3. The third kappa shape index (κ3) is 5.09. The first kappa shape index (κ1) is 23.7. The zero-order valence-electron chi connectivity index (χ0n) is 19.8. The Labute approximate surface area is 191 Å². The Bertz CT molecular complexity index is 1100. The summed E-state index contributed by atoms with van der Waals surface area (Å²) in [7, 11) is 0. The third-order valence-electron chi connectivity index (χ3n) is 6.06. The summed E-state index contributed by atoms with van der Waals surface area (Å²) in [5.41, 5.74) is 2.56. The Hall–Kier alpha value is -2.95. The Morgan fingerprint density at radius 2 is 1.69 bits per heavy atom. The summed E-state index contributed by atoms with van der Waals surface area (Å²) in [5.74, 6) is 0.738. The van der Waals surface area contributed by atoms with E-state index in [-0.39, 0.29) is 17.5 Å². The molecule has 1 unspecified atom stereocenters. The largest absolute Gasteiger partial charge is 0.333 e. The van der Waals surface area contributed by atoms with Crippen molar-refractivity contribution in [3.63, 3.8) is 0 Å². The van der Waals surface area contributed by atoms with Crippen LogP contribution in [-0.4, -0.2) is 26.9 Å². The number of amides is 1. The second-order valence-corrected chi connectivity index (χ2v) is 8.37. The van der Waals surface area contributed by atoms with E-state index in [1.54, 1.807) is 4.57 Å². The van der Waals surface area contributed by atoms with Gasteiger partial charge in [0.25, 0.3) is 5.56 Å². The zero-order chi connectivity index (χ0) is 23.1. The van der Waals surface area contributed by atoms with E-state index in [0.29, 0.717) is 29.7 Å². The molecule has 2 aromatic carbocycles. The van der Waals surface area contributed by atoms with Gasteiger partial charge in [0, 0.05) is 13.0 Å². The number of aryl methyl sites for hydroxylation is 1. The van der Waals surface area contributed by atoms with Gasteiger partial charge in [-0.2, -0.15) is 0 Å². The fraction of sp³-hybridized carbons (Fsp3) is 0.444. The van der Waals surface area contributed by atoms with Gasteiger partial charge >= 0.3 is 0 Å². The molecule has 0 N–H and O–H groups in total. The predicted octanol–water partition coefficient (Wildman–Crippen LogP) is 5.83. The van der Waals surface area contributed by atoms with E-state index in [2.05, 4.69) is 20.8 Å². The van der Waals surface area contributed by atoms with Gasteiger partial charge < -0.3 is 4.90 Å². The topological polar surface area (TPSA) is 55.2 Å². The molecule has 0 saturated heterocycles. The molecule has 0 aliphatic carbocycles. The number of fused-ring (bicyclic) bond motifs is 1. The second-order valence-electron chi connectivity index (χ2n) is 8.37. The molecule has 0 spiro atoms. The molecule has 3 aromatic rings. The first-order valence-electron chi connectivity index (χ1n) is 11.9. The van der Waals surface area contributed by atoms with Gasteiger partial charge in [0.15, 0.2) is 0 Å². The molecule has 0 saturated carbocycles. The highest BCUT2D eigenvalue weighted by Gasteiger charge is 2.26. The van der Waals surface area contributed by atoms with E-state index in [4.69, 9.17) is 4.98 Å². The van der Waals surface area contributed by atoms with Gasteiger partial charge in [-0.15, -0.1) is 0 Å². The van der Waals surface area contributed by atoms with Crippen LogP contribution in [0.2, 0.25) is 0 Å². The molecular formula is C27H35N3O2. The van der Waals surface area contributed by atoms with Crippen LogP contribution in [0.5, 0.6) is 0 Å². The van der Waals surface area contributed by atoms with Gasteiger partial charge in [-0.05, 0) is 56.0 Å². The van der Waals surface area contributed by atoms with Gasteiger partial charge in [0.2, 0.25) is 5.91 Å². The van der Waals surface area contributed by atoms with Gasteiger partial charge in [0.05, 0.1) is 22.6 Å². The molecule has 0 bridgehead atoms. The lowest BCUT2D eigenvalue weighted by atomic mass is 10.1. The van der Waals surface area contributed by atoms with Crippen molar-refractivity contribution >= 4 is 16.8 Å². The smallest absolute Gasteiger partial charge is 0.266 e.